The van der Waals surface area contributed by atoms with Crippen molar-refractivity contribution in [1.29, 1.82) is 0 Å². The molecule has 0 amide bonds. The number of aromatic carboxylic acids is 1. The average Bonchev–Trinajstić information content (AvgIpc) is 3.17. The third kappa shape index (κ3) is 5.08. The number of hydrogen-bond donors (Lipinski definition) is 2. The van der Waals surface area contributed by atoms with Gasteiger partial charge >= 0.3 is 12.3 Å². The molecule has 0 aliphatic carbocycles. The van der Waals surface area contributed by atoms with Crippen LogP contribution in [0.4, 0.5) is 24.7 Å². The third-order valence-electron chi connectivity index (χ3n) is 5.13. The van der Waals surface area contributed by atoms with E-state index in [4.69, 9.17) is 5.10 Å². The number of hydrogen-bond acceptors (Lipinski definition) is 6. The molecule has 4 rings (SSSR count). The fraction of sp³-hybridized carbons (Fsp3) is 0.167. The Morgan fingerprint density at radius 3 is 2.57 bits per heavy atom. The number of pyridine rings is 2. The van der Waals surface area contributed by atoms with E-state index in [1.807, 2.05) is 26.0 Å². The minimum Gasteiger partial charge on any atom is -0.478 e. The molecule has 0 aliphatic rings. The number of ether oxygens (including phenoxy) is 1. The Morgan fingerprint density at radius 2 is 1.94 bits per heavy atom. The maximum Gasteiger partial charge on any atom is 0.573 e. The van der Waals surface area contributed by atoms with E-state index in [2.05, 4.69) is 20.0 Å². The number of rotatable bonds is 7. The molecular formula is C24H20F3N5O3. The lowest BCUT2D eigenvalue weighted by molar-refractivity contribution is -0.274. The molecule has 0 aliphatic heterocycles. The number of benzene rings is 1. The number of nitrogens with one attached hydrogen (secondary N) is 1. The molecule has 0 radical (unpaired) electrons. The van der Waals surface area contributed by atoms with Gasteiger partial charge < -0.3 is 15.2 Å². The summed E-state index contributed by atoms with van der Waals surface area (Å²) in [7, 11) is 0. The smallest absolute Gasteiger partial charge is 0.478 e. The Kier molecular flexibility index (Phi) is 6.41. The van der Waals surface area contributed by atoms with Gasteiger partial charge in [-0.2, -0.15) is 9.78 Å². The summed E-state index contributed by atoms with van der Waals surface area (Å²) in [6.45, 7) is 3.78. The number of halogens is 3. The fourth-order valence-electron chi connectivity index (χ4n) is 3.63. The van der Waals surface area contributed by atoms with Crippen LogP contribution in [0.2, 0.25) is 0 Å². The zero-order chi connectivity index (χ0) is 25.2. The largest absolute Gasteiger partial charge is 0.573 e. The van der Waals surface area contributed by atoms with Crippen molar-refractivity contribution in [3.63, 3.8) is 0 Å². The molecule has 180 valence electrons. The van der Waals surface area contributed by atoms with Gasteiger partial charge in [-0.05, 0) is 49.2 Å². The number of carboxylic acid groups (broad SMARTS) is 1. The van der Waals surface area contributed by atoms with Crippen LogP contribution in [0.3, 0.4) is 0 Å². The molecular weight excluding hydrogens is 463 g/mol. The van der Waals surface area contributed by atoms with Gasteiger partial charge in [0.1, 0.15) is 11.6 Å². The van der Waals surface area contributed by atoms with E-state index < -0.39 is 23.6 Å². The van der Waals surface area contributed by atoms with Crippen molar-refractivity contribution in [2.75, 3.05) is 5.32 Å². The van der Waals surface area contributed by atoms with Crippen LogP contribution in [0.1, 0.15) is 28.5 Å². The summed E-state index contributed by atoms with van der Waals surface area (Å²) >= 11 is 0. The standard InChI is InChI=1S/C24H20F3N5O3/c1-3-18-20(15-7-5-10-28-13-15)22(32(31-18)21-14(2)6-4-11-29-21)30-19-9-8-16(35-24(25,26)27)12-17(19)23(33)34/h4-13,30H,3H2,1-2H3,(H,33,34). The molecule has 11 heteroatoms. The molecule has 3 heterocycles. The first-order chi connectivity index (χ1) is 16.7. The van der Waals surface area contributed by atoms with E-state index in [0.29, 0.717) is 29.3 Å². The highest BCUT2D eigenvalue weighted by atomic mass is 19.4. The Morgan fingerprint density at radius 1 is 1.17 bits per heavy atom. The molecule has 0 saturated heterocycles. The van der Waals surface area contributed by atoms with Crippen molar-refractivity contribution in [2.24, 2.45) is 0 Å². The third-order valence-corrected chi connectivity index (χ3v) is 5.13. The van der Waals surface area contributed by atoms with Gasteiger partial charge in [0, 0.05) is 29.7 Å². The highest BCUT2D eigenvalue weighted by Gasteiger charge is 2.32. The summed E-state index contributed by atoms with van der Waals surface area (Å²) in [4.78, 5) is 20.5. The van der Waals surface area contributed by atoms with Gasteiger partial charge in [0.25, 0.3) is 0 Å². The lowest BCUT2D eigenvalue weighted by Gasteiger charge is -2.16. The number of anilines is 2. The van der Waals surface area contributed by atoms with Crippen LogP contribution < -0.4 is 10.1 Å². The summed E-state index contributed by atoms with van der Waals surface area (Å²) in [5.74, 6) is -1.17. The van der Waals surface area contributed by atoms with E-state index in [0.717, 1.165) is 23.3 Å². The van der Waals surface area contributed by atoms with Crippen molar-refractivity contribution < 1.29 is 27.8 Å². The SMILES string of the molecule is CCc1nn(-c2ncccc2C)c(Nc2ccc(OC(F)(F)F)cc2C(=O)O)c1-c1cccnc1. The van der Waals surface area contributed by atoms with Crippen LogP contribution in [-0.4, -0.2) is 37.2 Å². The molecule has 0 atom stereocenters. The van der Waals surface area contributed by atoms with Gasteiger partial charge in [-0.15, -0.1) is 13.2 Å². The molecule has 35 heavy (non-hydrogen) atoms. The number of carbonyl (C=O) groups is 1. The first-order valence-electron chi connectivity index (χ1n) is 10.5. The summed E-state index contributed by atoms with van der Waals surface area (Å²) in [5, 5.41) is 17.5. The van der Waals surface area contributed by atoms with Gasteiger partial charge in [-0.25, -0.2) is 9.78 Å². The Labute approximate surface area is 198 Å². The summed E-state index contributed by atoms with van der Waals surface area (Å²) in [6.07, 6.45) is 0.465. The van der Waals surface area contributed by atoms with Gasteiger partial charge in [0.15, 0.2) is 5.82 Å². The quantitative estimate of drug-likeness (QED) is 0.356. The van der Waals surface area contributed by atoms with Crippen LogP contribution in [-0.2, 0) is 6.42 Å². The molecule has 0 unspecified atom stereocenters. The molecule has 4 aromatic rings. The molecule has 0 spiro atoms. The first kappa shape index (κ1) is 23.7. The maximum absolute atomic E-state index is 12.7. The van der Waals surface area contributed by atoms with Gasteiger partial charge in [-0.3, -0.25) is 4.98 Å². The van der Waals surface area contributed by atoms with Crippen molar-refractivity contribution >= 4 is 17.5 Å². The molecule has 2 N–H and O–H groups in total. The number of alkyl halides is 3. The maximum atomic E-state index is 12.7. The second-order valence-electron chi connectivity index (χ2n) is 7.51. The Hall–Kier alpha value is -4.41. The normalized spacial score (nSPS) is 11.3. The minimum atomic E-state index is -4.96. The topological polar surface area (TPSA) is 102 Å². The highest BCUT2D eigenvalue weighted by Crippen LogP contribution is 2.37. The summed E-state index contributed by atoms with van der Waals surface area (Å²) in [6, 6.07) is 10.3. The van der Waals surface area contributed by atoms with Crippen molar-refractivity contribution in [1.82, 2.24) is 19.7 Å². The second-order valence-corrected chi connectivity index (χ2v) is 7.51. The predicted molar refractivity (Wildman–Crippen MR) is 122 cm³/mol. The van der Waals surface area contributed by atoms with E-state index in [1.54, 1.807) is 35.4 Å². The highest BCUT2D eigenvalue weighted by molar-refractivity contribution is 5.96. The molecule has 0 bridgehead atoms. The zero-order valence-electron chi connectivity index (χ0n) is 18.7. The van der Waals surface area contributed by atoms with E-state index >= 15 is 0 Å². The van der Waals surface area contributed by atoms with Gasteiger partial charge in [0.05, 0.1) is 16.9 Å². The number of nitrogens with zero attached hydrogens (tertiary/aromatic N) is 4. The first-order valence-corrected chi connectivity index (χ1v) is 10.5. The number of carboxylic acids is 1. The molecule has 0 fully saturated rings. The van der Waals surface area contributed by atoms with Crippen LogP contribution >= 0.6 is 0 Å². The summed E-state index contributed by atoms with van der Waals surface area (Å²) in [5.41, 5.74) is 2.53. The Balaban J connectivity index is 1.92. The lowest BCUT2D eigenvalue weighted by atomic mass is 10.1. The molecule has 8 nitrogen and oxygen atoms in total. The predicted octanol–water partition coefficient (Wildman–Crippen LogP) is 5.54. The second kappa shape index (κ2) is 9.45. The Bertz CT molecular complexity index is 1370. The van der Waals surface area contributed by atoms with Crippen LogP contribution in [0.15, 0.2) is 61.1 Å². The molecule has 1 aromatic carbocycles. The zero-order valence-corrected chi connectivity index (χ0v) is 18.7. The van der Waals surface area contributed by atoms with Crippen molar-refractivity contribution in [3.8, 4) is 22.7 Å². The van der Waals surface area contributed by atoms with E-state index in [1.165, 1.54) is 6.07 Å². The summed E-state index contributed by atoms with van der Waals surface area (Å²) < 4.78 is 43.5. The lowest BCUT2D eigenvalue weighted by Crippen LogP contribution is -2.17. The van der Waals surface area contributed by atoms with Crippen LogP contribution in [0.25, 0.3) is 16.9 Å². The molecule has 3 aromatic heterocycles. The van der Waals surface area contributed by atoms with Crippen molar-refractivity contribution in [3.05, 3.63) is 77.9 Å². The van der Waals surface area contributed by atoms with Crippen LogP contribution in [0, 0.1) is 6.92 Å². The number of aryl methyl sites for hydroxylation is 2. The fourth-order valence-corrected chi connectivity index (χ4v) is 3.63. The van der Waals surface area contributed by atoms with Crippen LogP contribution in [0.5, 0.6) is 5.75 Å². The van der Waals surface area contributed by atoms with Crippen molar-refractivity contribution in [2.45, 2.75) is 26.6 Å². The average molecular weight is 483 g/mol. The monoisotopic (exact) mass is 483 g/mol. The molecule has 0 saturated carbocycles. The number of aromatic nitrogens is 4. The van der Waals surface area contributed by atoms with E-state index in [-0.39, 0.29) is 5.69 Å². The van der Waals surface area contributed by atoms with Gasteiger partial charge in [0.2, 0.25) is 0 Å². The van der Waals surface area contributed by atoms with Gasteiger partial charge in [-0.1, -0.05) is 19.1 Å². The van der Waals surface area contributed by atoms with E-state index in [9.17, 15) is 23.1 Å². The minimum absolute atomic E-state index is 0.0505.